The second-order valence-electron chi connectivity index (χ2n) is 13.7. The number of ether oxygens (including phenoxy) is 3. The highest BCUT2D eigenvalue weighted by Gasteiger charge is 2.64. The minimum Gasteiger partial charge on any atom is -0.494 e. The van der Waals surface area contributed by atoms with Crippen LogP contribution in [0, 0.1) is 40.4 Å². The average molecular weight is 513 g/mol. The monoisotopic (exact) mass is 512 g/mol. The van der Waals surface area contributed by atoms with Gasteiger partial charge in [-0.3, -0.25) is 9.59 Å². The van der Waals surface area contributed by atoms with Crippen LogP contribution in [0.1, 0.15) is 106 Å². The molecule has 0 aromatic heterocycles. The topological polar surface area (TPSA) is 61.8 Å². The maximum Gasteiger partial charge on any atom is 0.302 e. The fourth-order valence-corrected chi connectivity index (χ4v) is 9.72. The first-order valence-electron chi connectivity index (χ1n) is 14.8. The molecule has 5 rings (SSSR count). The summed E-state index contributed by atoms with van der Waals surface area (Å²) in [5.74, 6) is 3.91. The molecule has 3 saturated carbocycles. The van der Waals surface area contributed by atoms with E-state index in [0.29, 0.717) is 35.9 Å². The molecule has 1 heterocycles. The van der Waals surface area contributed by atoms with E-state index < -0.39 is 0 Å². The smallest absolute Gasteiger partial charge is 0.302 e. The molecule has 206 valence electrons. The molecule has 5 aliphatic rings. The molecular formula is C32H48O5. The van der Waals surface area contributed by atoms with E-state index in [1.165, 1.54) is 43.9 Å². The van der Waals surface area contributed by atoms with Crippen LogP contribution < -0.4 is 0 Å². The van der Waals surface area contributed by atoms with Gasteiger partial charge in [-0.1, -0.05) is 31.9 Å². The lowest BCUT2D eigenvalue weighted by Crippen LogP contribution is -2.51. The average Bonchev–Trinajstić information content (AvgIpc) is 3.30. The van der Waals surface area contributed by atoms with Crippen LogP contribution in [0.2, 0.25) is 0 Å². The molecule has 0 bridgehead atoms. The fourth-order valence-electron chi connectivity index (χ4n) is 9.72. The Bertz CT molecular complexity index is 1010. The van der Waals surface area contributed by atoms with Gasteiger partial charge in [-0.2, -0.15) is 0 Å². The van der Waals surface area contributed by atoms with Crippen molar-refractivity contribution < 1.29 is 23.8 Å². The summed E-state index contributed by atoms with van der Waals surface area (Å²) in [6.45, 7) is 15.5. The molecule has 0 aromatic carbocycles. The summed E-state index contributed by atoms with van der Waals surface area (Å²) in [5, 5.41) is 0. The zero-order chi connectivity index (χ0) is 26.7. The molecule has 4 aliphatic carbocycles. The summed E-state index contributed by atoms with van der Waals surface area (Å²) in [4.78, 5) is 22.8. The van der Waals surface area contributed by atoms with E-state index in [2.05, 4.69) is 34.6 Å². The lowest BCUT2D eigenvalue weighted by atomic mass is 9.46. The van der Waals surface area contributed by atoms with Gasteiger partial charge in [-0.25, -0.2) is 0 Å². The third kappa shape index (κ3) is 4.56. The molecule has 5 nitrogen and oxygen atoms in total. The van der Waals surface area contributed by atoms with E-state index in [1.54, 1.807) is 18.1 Å². The molecule has 0 radical (unpaired) electrons. The number of fused-ring (bicyclic) bond motifs is 7. The minimum atomic E-state index is -0.199. The highest BCUT2D eigenvalue weighted by atomic mass is 16.5. The van der Waals surface area contributed by atoms with Crippen LogP contribution in [0.5, 0.6) is 0 Å². The van der Waals surface area contributed by atoms with Crippen molar-refractivity contribution in [2.24, 2.45) is 40.4 Å². The van der Waals surface area contributed by atoms with Crippen LogP contribution >= 0.6 is 0 Å². The van der Waals surface area contributed by atoms with Gasteiger partial charge in [0.15, 0.2) is 0 Å². The summed E-state index contributed by atoms with van der Waals surface area (Å²) < 4.78 is 17.6. The SMILES string of the molecule is CC(=O)OCC(C)CCC1=C(C)[C@H]2[C@H](C[C@H]3[C@@H]4CC(C)=C5C[C@@H](OC(C)=O)CC[C@]5(C)[C@H]4CC[C@@]32C)O1. The van der Waals surface area contributed by atoms with Gasteiger partial charge in [0.05, 0.1) is 12.4 Å². The molecule has 1 unspecified atom stereocenters. The highest BCUT2D eigenvalue weighted by molar-refractivity contribution is 5.66. The maximum absolute atomic E-state index is 11.6. The predicted octanol–water partition coefficient (Wildman–Crippen LogP) is 7.15. The van der Waals surface area contributed by atoms with E-state index >= 15 is 0 Å². The molecular weight excluding hydrogens is 464 g/mol. The Morgan fingerprint density at radius 3 is 2.51 bits per heavy atom. The lowest BCUT2D eigenvalue weighted by molar-refractivity contribution is -0.148. The zero-order valence-corrected chi connectivity index (χ0v) is 24.2. The number of hydrogen-bond acceptors (Lipinski definition) is 5. The highest BCUT2D eigenvalue weighted by Crippen LogP contribution is 2.69. The van der Waals surface area contributed by atoms with Crippen molar-refractivity contribution >= 4 is 11.9 Å². The normalized spacial score (nSPS) is 41.3. The van der Waals surface area contributed by atoms with Crippen LogP contribution in [-0.2, 0) is 23.8 Å². The second-order valence-corrected chi connectivity index (χ2v) is 13.7. The molecule has 0 saturated heterocycles. The van der Waals surface area contributed by atoms with Crippen molar-refractivity contribution in [2.45, 2.75) is 118 Å². The van der Waals surface area contributed by atoms with E-state index in [1.807, 2.05) is 0 Å². The Hall–Kier alpha value is -1.78. The van der Waals surface area contributed by atoms with Gasteiger partial charge >= 0.3 is 11.9 Å². The largest absolute Gasteiger partial charge is 0.494 e. The Morgan fingerprint density at radius 2 is 1.81 bits per heavy atom. The summed E-state index contributed by atoms with van der Waals surface area (Å²) in [6.07, 6.45) is 10.3. The van der Waals surface area contributed by atoms with Gasteiger partial charge in [0.1, 0.15) is 12.2 Å². The van der Waals surface area contributed by atoms with Crippen LogP contribution in [0.15, 0.2) is 22.5 Å². The number of carbonyl (C=O) groups is 2. The quantitative estimate of drug-likeness (QED) is 0.279. The van der Waals surface area contributed by atoms with Gasteiger partial charge < -0.3 is 14.2 Å². The van der Waals surface area contributed by atoms with Gasteiger partial charge in [0, 0.05) is 32.6 Å². The summed E-state index contributed by atoms with van der Waals surface area (Å²) in [5.41, 5.74) is 5.22. The third-order valence-electron chi connectivity index (χ3n) is 11.4. The first kappa shape index (κ1) is 26.8. The van der Waals surface area contributed by atoms with Gasteiger partial charge in [0.2, 0.25) is 0 Å². The molecule has 9 atom stereocenters. The van der Waals surface area contributed by atoms with Crippen molar-refractivity contribution in [3.8, 4) is 0 Å². The van der Waals surface area contributed by atoms with Gasteiger partial charge in [-0.15, -0.1) is 0 Å². The van der Waals surface area contributed by atoms with Crippen molar-refractivity contribution in [2.75, 3.05) is 6.61 Å². The number of carbonyl (C=O) groups excluding carboxylic acids is 2. The molecule has 1 aliphatic heterocycles. The van der Waals surface area contributed by atoms with E-state index in [9.17, 15) is 9.59 Å². The van der Waals surface area contributed by atoms with Crippen molar-refractivity contribution in [1.29, 1.82) is 0 Å². The number of allylic oxidation sites excluding steroid dienone is 2. The molecule has 0 spiro atoms. The van der Waals surface area contributed by atoms with Gasteiger partial charge in [0.25, 0.3) is 0 Å². The molecule has 0 amide bonds. The summed E-state index contributed by atoms with van der Waals surface area (Å²) >= 11 is 0. The van der Waals surface area contributed by atoms with Crippen LogP contribution in [0.25, 0.3) is 0 Å². The number of esters is 2. The van der Waals surface area contributed by atoms with E-state index in [4.69, 9.17) is 14.2 Å². The maximum atomic E-state index is 11.6. The number of hydrogen-bond donors (Lipinski definition) is 0. The second kappa shape index (κ2) is 9.75. The van der Waals surface area contributed by atoms with Crippen LogP contribution in [0.3, 0.4) is 0 Å². The molecule has 37 heavy (non-hydrogen) atoms. The van der Waals surface area contributed by atoms with E-state index in [-0.39, 0.29) is 23.5 Å². The third-order valence-corrected chi connectivity index (χ3v) is 11.4. The summed E-state index contributed by atoms with van der Waals surface area (Å²) in [7, 11) is 0. The molecule has 5 heteroatoms. The van der Waals surface area contributed by atoms with Crippen molar-refractivity contribution in [3.05, 3.63) is 22.5 Å². The van der Waals surface area contributed by atoms with Crippen molar-refractivity contribution in [3.63, 3.8) is 0 Å². The Morgan fingerprint density at radius 1 is 1.05 bits per heavy atom. The zero-order valence-electron chi connectivity index (χ0n) is 24.2. The first-order valence-corrected chi connectivity index (χ1v) is 14.8. The molecule has 0 aromatic rings. The lowest BCUT2D eigenvalue weighted by Gasteiger charge is -2.59. The van der Waals surface area contributed by atoms with Crippen LogP contribution in [0.4, 0.5) is 0 Å². The minimum absolute atomic E-state index is 0.0584. The Balaban J connectivity index is 1.32. The predicted molar refractivity (Wildman–Crippen MR) is 143 cm³/mol. The van der Waals surface area contributed by atoms with Gasteiger partial charge in [-0.05, 0) is 98.9 Å². The van der Waals surface area contributed by atoms with Crippen molar-refractivity contribution in [1.82, 2.24) is 0 Å². The van der Waals surface area contributed by atoms with Crippen LogP contribution in [-0.4, -0.2) is 30.8 Å². The summed E-state index contributed by atoms with van der Waals surface area (Å²) in [6, 6.07) is 0. The Labute approximate surface area is 223 Å². The van der Waals surface area contributed by atoms with E-state index in [0.717, 1.165) is 43.9 Å². The standard InChI is InChI=1S/C32H48O5/c1-18(17-35-21(4)33)8-9-28-20(3)30-29(37-28)16-27-24-14-19(2)26-15-23(36-22(5)34)10-12-31(26,6)25(24)11-13-32(27,30)7/h18,23-25,27,29-30H,8-17H2,1-7H3/t18?,23-,24+,25-,27-,29-,30-,31+,32-/m0/s1. The Kier molecular flexibility index (Phi) is 7.07. The first-order chi connectivity index (χ1) is 17.4. The molecule has 0 N–H and O–H groups in total. The number of rotatable bonds is 6. The molecule has 3 fully saturated rings. The fraction of sp³-hybridized carbons (Fsp3) is 0.812.